The van der Waals surface area contributed by atoms with E-state index in [9.17, 15) is 9.59 Å². The molecule has 0 saturated heterocycles. The number of aromatic nitrogens is 2. The number of para-hydroxylation sites is 2. The van der Waals surface area contributed by atoms with E-state index in [-0.39, 0.29) is 42.0 Å². The van der Waals surface area contributed by atoms with Crippen molar-refractivity contribution in [3.05, 3.63) is 142 Å². The van der Waals surface area contributed by atoms with Crippen molar-refractivity contribution in [2.75, 3.05) is 18.2 Å². The molecule has 0 fully saturated rings. The van der Waals surface area contributed by atoms with Gasteiger partial charge in [0.15, 0.2) is 10.3 Å². The second-order valence-electron chi connectivity index (χ2n) is 15.4. The Morgan fingerprint density at radius 3 is 1.50 bits per heavy atom. The number of ether oxygens (including phenoxy) is 1. The predicted octanol–water partition coefficient (Wildman–Crippen LogP) is 12.0. The van der Waals surface area contributed by atoms with Crippen molar-refractivity contribution in [3.63, 3.8) is 0 Å². The number of pyridine rings is 2. The molecule has 6 rings (SSSR count). The Labute approximate surface area is 334 Å². The van der Waals surface area contributed by atoms with Crippen molar-refractivity contribution in [3.8, 4) is 0 Å². The molecular weight excluding hydrogens is 730 g/mol. The predicted molar refractivity (Wildman–Crippen MR) is 231 cm³/mol. The Morgan fingerprint density at radius 1 is 0.648 bits per heavy atom. The first-order valence-corrected chi connectivity index (χ1v) is 22.0. The SMILES string of the molecule is CC(C)(C)c1ccc(C(=O)Nc2cc3ccccc3nc2Cl)cc1.COC(=O)c1ccc(C(C)(C)C)cc1.Nc1cc2ccccc2nc1Cl.[CH3][Al]([CH3])[CH3]. The highest BCUT2D eigenvalue weighted by atomic mass is 35.5. The van der Waals surface area contributed by atoms with Crippen molar-refractivity contribution < 1.29 is 14.3 Å². The fourth-order valence-corrected chi connectivity index (χ4v) is 5.17. The molecule has 10 heteroatoms. The molecule has 54 heavy (non-hydrogen) atoms. The van der Waals surface area contributed by atoms with Gasteiger partial charge in [0.2, 0.25) is 0 Å². The molecule has 282 valence electrons. The van der Waals surface area contributed by atoms with Crippen LogP contribution in [0.4, 0.5) is 11.4 Å². The molecule has 0 bridgehead atoms. The van der Waals surface area contributed by atoms with E-state index in [1.807, 2.05) is 97.1 Å². The van der Waals surface area contributed by atoms with Crippen LogP contribution in [0.2, 0.25) is 27.7 Å². The second-order valence-corrected chi connectivity index (χ2v) is 19.6. The summed E-state index contributed by atoms with van der Waals surface area (Å²) in [4.78, 5) is 32.1. The molecule has 6 aromatic rings. The molecule has 0 aliphatic heterocycles. The third kappa shape index (κ3) is 13.4. The maximum atomic E-state index is 12.5. The molecule has 0 saturated carbocycles. The zero-order valence-electron chi connectivity index (χ0n) is 32.9. The molecule has 2 heterocycles. The number of halogens is 2. The summed E-state index contributed by atoms with van der Waals surface area (Å²) in [5, 5.41) is 5.44. The van der Waals surface area contributed by atoms with E-state index < -0.39 is 0 Å². The summed E-state index contributed by atoms with van der Waals surface area (Å²) in [6, 6.07) is 34.2. The summed E-state index contributed by atoms with van der Waals surface area (Å²) in [5.41, 5.74) is 12.1. The van der Waals surface area contributed by atoms with E-state index in [0.717, 1.165) is 21.8 Å². The number of hydrogen-bond donors (Lipinski definition) is 2. The molecule has 0 aliphatic carbocycles. The Bertz CT molecular complexity index is 2120. The zero-order chi connectivity index (χ0) is 40.2. The van der Waals surface area contributed by atoms with Gasteiger partial charge in [0.05, 0.1) is 35.1 Å². The number of nitrogens with zero attached hydrogens (tertiary/aromatic N) is 2. The van der Waals surface area contributed by atoms with Crippen LogP contribution in [0.3, 0.4) is 0 Å². The van der Waals surface area contributed by atoms with Crippen LogP contribution in [0.15, 0.2) is 109 Å². The standard InChI is InChI=1S/C20H19ClN2O.C12H16O2.C9H7ClN2.3CH3.Al/c1-20(2,3)15-10-8-13(9-11-15)19(24)23-17-12-14-6-4-5-7-16(14)22-18(17)21;1-12(2,3)10-7-5-9(6-8-10)11(13)14-4;10-9-7(11)5-6-3-1-2-4-8(6)12-9;;;;/h4-12H,1-3H3,(H,23,24);5-8H,1-4H3;1-5H,11H2;3*1H3;. The molecule has 7 nitrogen and oxygen atoms in total. The summed E-state index contributed by atoms with van der Waals surface area (Å²) >= 11 is 11.8. The normalized spacial score (nSPS) is 10.8. The van der Waals surface area contributed by atoms with Gasteiger partial charge in [0.1, 0.15) is 0 Å². The van der Waals surface area contributed by atoms with Crippen LogP contribution in [-0.4, -0.2) is 43.1 Å². The monoisotopic (exact) mass is 780 g/mol. The number of carbonyl (C=O) groups is 2. The average molecular weight is 782 g/mol. The van der Waals surface area contributed by atoms with E-state index >= 15 is 0 Å². The Hall–Kier alpha value is -4.45. The van der Waals surface area contributed by atoms with Gasteiger partial charge in [-0.15, -0.1) is 17.4 Å². The highest BCUT2D eigenvalue weighted by Crippen LogP contribution is 2.27. The number of rotatable bonds is 3. The highest BCUT2D eigenvalue weighted by molar-refractivity contribution is 6.54. The van der Waals surface area contributed by atoms with Crippen LogP contribution in [0, 0.1) is 0 Å². The first-order chi connectivity index (χ1) is 25.3. The lowest BCUT2D eigenvalue weighted by molar-refractivity contribution is 0.0600. The fraction of sp³-hybridized carbons (Fsp3) is 0.273. The fourth-order valence-electron chi connectivity index (χ4n) is 4.83. The minimum absolute atomic E-state index is 0.0561. The number of amides is 1. The number of fused-ring (bicyclic) bond motifs is 2. The van der Waals surface area contributed by atoms with Crippen LogP contribution in [0.1, 0.15) is 73.4 Å². The summed E-state index contributed by atoms with van der Waals surface area (Å²) < 4.78 is 4.62. The molecule has 0 radical (unpaired) electrons. The zero-order valence-corrected chi connectivity index (χ0v) is 35.6. The van der Waals surface area contributed by atoms with Crippen LogP contribution in [-0.2, 0) is 15.6 Å². The quantitative estimate of drug-likeness (QED) is 0.105. The Kier molecular flexibility index (Phi) is 16.1. The van der Waals surface area contributed by atoms with Crippen molar-refractivity contribution in [2.45, 2.75) is 69.7 Å². The summed E-state index contributed by atoms with van der Waals surface area (Å²) in [5.74, 6) is 6.43. The molecule has 0 aliphatic rings. The van der Waals surface area contributed by atoms with Gasteiger partial charge in [-0.3, -0.25) is 4.79 Å². The molecule has 4 aromatic carbocycles. The van der Waals surface area contributed by atoms with Gasteiger partial charge in [-0.2, -0.15) is 0 Å². The number of methoxy groups -OCH3 is 1. The van der Waals surface area contributed by atoms with Gasteiger partial charge in [0.25, 0.3) is 20.1 Å². The number of hydrogen-bond acceptors (Lipinski definition) is 6. The first-order valence-electron chi connectivity index (χ1n) is 17.8. The lowest BCUT2D eigenvalue weighted by Gasteiger charge is -2.19. The average Bonchev–Trinajstić information content (AvgIpc) is 3.12. The van der Waals surface area contributed by atoms with Crippen LogP contribution in [0.25, 0.3) is 21.8 Å². The molecule has 2 aromatic heterocycles. The van der Waals surface area contributed by atoms with Gasteiger partial charge in [-0.25, -0.2) is 14.8 Å². The van der Waals surface area contributed by atoms with Gasteiger partial charge < -0.3 is 15.8 Å². The number of nitrogen functional groups attached to an aromatic ring is 1. The first kappa shape index (κ1) is 44.0. The number of carbonyl (C=O) groups excluding carboxylic acids is 2. The molecule has 3 N–H and O–H groups in total. The molecule has 1 amide bonds. The van der Waals surface area contributed by atoms with E-state index in [4.69, 9.17) is 28.9 Å². The van der Waals surface area contributed by atoms with Crippen molar-refractivity contribution in [2.24, 2.45) is 0 Å². The minimum atomic E-state index is -0.287. The number of benzene rings is 4. The van der Waals surface area contributed by atoms with Crippen molar-refractivity contribution >= 4 is 82.4 Å². The molecule has 0 atom stereocenters. The minimum Gasteiger partial charge on any atom is -0.465 e. The van der Waals surface area contributed by atoms with Crippen LogP contribution < -0.4 is 11.1 Å². The number of nitrogens with one attached hydrogen (secondary N) is 1. The summed E-state index contributed by atoms with van der Waals surface area (Å²) in [6.07, 6.45) is 0. The third-order valence-electron chi connectivity index (χ3n) is 7.82. The van der Waals surface area contributed by atoms with E-state index in [2.05, 4.69) is 78.9 Å². The Balaban J connectivity index is 0.000000222. The smallest absolute Gasteiger partial charge is 0.337 e. The number of esters is 1. The summed E-state index contributed by atoms with van der Waals surface area (Å²) in [7, 11) is 1.39. The Morgan fingerprint density at radius 2 is 1.06 bits per heavy atom. The highest BCUT2D eigenvalue weighted by Gasteiger charge is 2.16. The maximum absolute atomic E-state index is 12.5. The van der Waals surface area contributed by atoms with Gasteiger partial charge >= 0.3 is 5.97 Å². The van der Waals surface area contributed by atoms with E-state index in [1.165, 1.54) is 18.2 Å². The third-order valence-corrected chi connectivity index (χ3v) is 8.41. The largest absolute Gasteiger partial charge is 0.465 e. The summed E-state index contributed by atoms with van der Waals surface area (Å²) in [6.45, 7) is 12.8. The lowest BCUT2D eigenvalue weighted by atomic mass is 9.87. The van der Waals surface area contributed by atoms with Gasteiger partial charge in [-0.1, -0.05) is 125 Å². The maximum Gasteiger partial charge on any atom is 0.337 e. The topological polar surface area (TPSA) is 107 Å². The molecule has 0 spiro atoms. The van der Waals surface area contributed by atoms with Crippen molar-refractivity contribution in [1.29, 1.82) is 0 Å². The second kappa shape index (κ2) is 19.8. The van der Waals surface area contributed by atoms with Gasteiger partial charge in [0, 0.05) is 16.3 Å². The van der Waals surface area contributed by atoms with E-state index in [0.29, 0.717) is 27.7 Å². The van der Waals surface area contributed by atoms with Crippen LogP contribution >= 0.6 is 23.2 Å². The van der Waals surface area contributed by atoms with Gasteiger partial charge in [-0.05, 0) is 70.5 Å². The molecule has 0 unspecified atom stereocenters. The molecular formula is C44H51AlCl2N4O3. The van der Waals surface area contributed by atoms with E-state index in [1.54, 1.807) is 12.1 Å². The number of anilines is 2. The van der Waals surface area contributed by atoms with Crippen LogP contribution in [0.5, 0.6) is 0 Å². The number of nitrogens with two attached hydrogens (primary N) is 1. The van der Waals surface area contributed by atoms with Crippen molar-refractivity contribution in [1.82, 2.24) is 9.97 Å². The lowest BCUT2D eigenvalue weighted by Crippen LogP contribution is -2.14.